The van der Waals surface area contributed by atoms with Crippen molar-refractivity contribution in [2.24, 2.45) is 5.92 Å². The first-order valence-corrected chi connectivity index (χ1v) is 7.13. The third-order valence-corrected chi connectivity index (χ3v) is 2.93. The summed E-state index contributed by atoms with van der Waals surface area (Å²) >= 11 is 0. The first kappa shape index (κ1) is 16.8. The van der Waals surface area contributed by atoms with Gasteiger partial charge in [-0.15, -0.1) is 0 Å². The number of ether oxygens (including phenoxy) is 2. The highest BCUT2D eigenvalue weighted by molar-refractivity contribution is 5.79. The van der Waals surface area contributed by atoms with E-state index in [1.165, 1.54) is 0 Å². The zero-order chi connectivity index (χ0) is 15.2. The van der Waals surface area contributed by atoms with E-state index in [2.05, 4.69) is 10.6 Å². The molecular weight excluding hydrogens is 260 g/mol. The third-order valence-electron chi connectivity index (χ3n) is 2.93. The van der Waals surface area contributed by atoms with Gasteiger partial charge in [0.05, 0.1) is 0 Å². The van der Waals surface area contributed by atoms with Gasteiger partial charge in [-0.05, 0) is 40.5 Å². The second-order valence-electron chi connectivity index (χ2n) is 6.18. The van der Waals surface area contributed by atoms with Gasteiger partial charge in [-0.1, -0.05) is 0 Å². The molecule has 2 N–H and O–H groups in total. The van der Waals surface area contributed by atoms with Crippen molar-refractivity contribution in [2.45, 2.75) is 52.2 Å². The topological polar surface area (TPSA) is 76.7 Å². The second-order valence-corrected chi connectivity index (χ2v) is 6.18. The first-order chi connectivity index (χ1) is 9.28. The molecule has 0 unspecified atom stereocenters. The fraction of sp³-hybridized carbons (Fsp3) is 0.857. The molecule has 116 valence electrons. The third kappa shape index (κ3) is 6.75. The van der Waals surface area contributed by atoms with Crippen molar-refractivity contribution in [3.05, 3.63) is 0 Å². The maximum absolute atomic E-state index is 12.0. The SMILES string of the molecule is C[C@H](CNC(=O)OC(C)(C)C)NC(=O)C1CCOCC1. The molecule has 6 heteroatoms. The van der Waals surface area contributed by atoms with E-state index in [0.29, 0.717) is 19.8 Å². The second kappa shape index (κ2) is 7.47. The molecule has 6 nitrogen and oxygen atoms in total. The number of carbonyl (C=O) groups is 2. The fourth-order valence-corrected chi connectivity index (χ4v) is 1.92. The molecule has 0 bridgehead atoms. The van der Waals surface area contributed by atoms with Gasteiger partial charge >= 0.3 is 6.09 Å². The van der Waals surface area contributed by atoms with Gasteiger partial charge in [0, 0.05) is 31.7 Å². The molecule has 0 aliphatic carbocycles. The lowest BCUT2D eigenvalue weighted by Crippen LogP contribution is -2.45. The maximum Gasteiger partial charge on any atom is 0.407 e. The molecule has 0 aromatic heterocycles. The van der Waals surface area contributed by atoms with Gasteiger partial charge in [0.1, 0.15) is 5.60 Å². The molecule has 0 radical (unpaired) electrons. The van der Waals surface area contributed by atoms with Crippen LogP contribution in [0.15, 0.2) is 0 Å². The van der Waals surface area contributed by atoms with Crippen molar-refractivity contribution in [3.63, 3.8) is 0 Å². The van der Waals surface area contributed by atoms with E-state index in [1.807, 2.05) is 27.7 Å². The van der Waals surface area contributed by atoms with Gasteiger partial charge in [-0.25, -0.2) is 4.79 Å². The molecule has 1 atom stereocenters. The van der Waals surface area contributed by atoms with Crippen LogP contribution >= 0.6 is 0 Å². The van der Waals surface area contributed by atoms with Crippen LogP contribution in [0.3, 0.4) is 0 Å². The number of hydrogen-bond acceptors (Lipinski definition) is 4. The van der Waals surface area contributed by atoms with Crippen LogP contribution < -0.4 is 10.6 Å². The zero-order valence-electron chi connectivity index (χ0n) is 12.8. The van der Waals surface area contributed by atoms with Gasteiger partial charge in [0.25, 0.3) is 0 Å². The highest BCUT2D eigenvalue weighted by Crippen LogP contribution is 2.14. The molecule has 0 aromatic rings. The average Bonchev–Trinajstić information content (AvgIpc) is 2.35. The fourth-order valence-electron chi connectivity index (χ4n) is 1.92. The van der Waals surface area contributed by atoms with Gasteiger partial charge in [-0.2, -0.15) is 0 Å². The Bertz CT molecular complexity index is 333. The Kier molecular flexibility index (Phi) is 6.26. The van der Waals surface area contributed by atoms with Crippen molar-refractivity contribution in [1.82, 2.24) is 10.6 Å². The Balaban J connectivity index is 2.23. The minimum Gasteiger partial charge on any atom is -0.444 e. The van der Waals surface area contributed by atoms with Gasteiger partial charge in [-0.3, -0.25) is 4.79 Å². The molecule has 1 heterocycles. The summed E-state index contributed by atoms with van der Waals surface area (Å²) in [7, 11) is 0. The highest BCUT2D eigenvalue weighted by Gasteiger charge is 2.23. The number of alkyl carbamates (subject to hydrolysis) is 1. The van der Waals surface area contributed by atoms with Crippen molar-refractivity contribution < 1.29 is 19.1 Å². The molecule has 20 heavy (non-hydrogen) atoms. The smallest absolute Gasteiger partial charge is 0.407 e. The number of amides is 2. The summed E-state index contributed by atoms with van der Waals surface area (Å²) in [6.07, 6.45) is 1.06. The lowest BCUT2D eigenvalue weighted by molar-refractivity contribution is -0.128. The summed E-state index contributed by atoms with van der Waals surface area (Å²) < 4.78 is 10.4. The van der Waals surface area contributed by atoms with Crippen LogP contribution in [0.1, 0.15) is 40.5 Å². The lowest BCUT2D eigenvalue weighted by atomic mass is 9.99. The normalized spacial score (nSPS) is 18.2. The molecule has 1 fully saturated rings. The number of nitrogens with one attached hydrogen (secondary N) is 2. The van der Waals surface area contributed by atoms with Crippen LogP contribution in [0.25, 0.3) is 0 Å². The zero-order valence-corrected chi connectivity index (χ0v) is 12.8. The van der Waals surface area contributed by atoms with Crippen molar-refractivity contribution in [1.29, 1.82) is 0 Å². The van der Waals surface area contributed by atoms with Gasteiger partial charge < -0.3 is 20.1 Å². The molecular formula is C14H26N2O4. The largest absolute Gasteiger partial charge is 0.444 e. The molecule has 1 rings (SSSR count). The van der Waals surface area contributed by atoms with Crippen LogP contribution in [0.2, 0.25) is 0 Å². The molecule has 1 aliphatic rings. The van der Waals surface area contributed by atoms with Crippen molar-refractivity contribution in [2.75, 3.05) is 19.8 Å². The van der Waals surface area contributed by atoms with E-state index in [4.69, 9.17) is 9.47 Å². The summed E-state index contributed by atoms with van der Waals surface area (Å²) in [4.78, 5) is 23.5. The molecule has 1 saturated heterocycles. The minimum atomic E-state index is -0.515. The van der Waals surface area contributed by atoms with E-state index in [0.717, 1.165) is 12.8 Å². The summed E-state index contributed by atoms with van der Waals surface area (Å²) in [5.41, 5.74) is -0.515. The number of hydrogen-bond donors (Lipinski definition) is 2. The van der Waals surface area contributed by atoms with Gasteiger partial charge in [0.15, 0.2) is 0 Å². The molecule has 2 amide bonds. The maximum atomic E-state index is 12.0. The van der Waals surface area contributed by atoms with E-state index in [9.17, 15) is 9.59 Å². The predicted octanol–water partition coefficient (Wildman–Crippen LogP) is 1.44. The predicted molar refractivity (Wildman–Crippen MR) is 75.4 cm³/mol. The minimum absolute atomic E-state index is 0.0210. The van der Waals surface area contributed by atoms with E-state index in [-0.39, 0.29) is 17.9 Å². The van der Waals surface area contributed by atoms with Gasteiger partial charge in [0.2, 0.25) is 5.91 Å². The Morgan fingerprint density at radius 2 is 1.90 bits per heavy atom. The summed E-state index contributed by atoms with van der Waals surface area (Å²) in [6.45, 7) is 8.92. The van der Waals surface area contributed by atoms with Crippen LogP contribution in [-0.2, 0) is 14.3 Å². The quantitative estimate of drug-likeness (QED) is 0.820. The Morgan fingerprint density at radius 3 is 2.45 bits per heavy atom. The average molecular weight is 286 g/mol. The Hall–Kier alpha value is -1.30. The number of rotatable bonds is 4. The number of carbonyl (C=O) groups excluding carboxylic acids is 2. The van der Waals surface area contributed by atoms with E-state index >= 15 is 0 Å². The molecule has 0 aromatic carbocycles. The monoisotopic (exact) mass is 286 g/mol. The molecule has 0 saturated carbocycles. The highest BCUT2D eigenvalue weighted by atomic mass is 16.6. The van der Waals surface area contributed by atoms with Crippen molar-refractivity contribution >= 4 is 12.0 Å². The van der Waals surface area contributed by atoms with Crippen molar-refractivity contribution in [3.8, 4) is 0 Å². The molecule has 1 aliphatic heterocycles. The standard InChI is InChI=1S/C14H26N2O4/c1-10(9-15-13(18)20-14(2,3)4)16-12(17)11-5-7-19-8-6-11/h10-11H,5-9H2,1-4H3,(H,15,18)(H,16,17)/t10-/m1/s1. The summed E-state index contributed by atoms with van der Waals surface area (Å²) in [5, 5.41) is 5.55. The van der Waals surface area contributed by atoms with Crippen LogP contribution in [0.5, 0.6) is 0 Å². The van der Waals surface area contributed by atoms with Crippen LogP contribution in [0, 0.1) is 5.92 Å². The van der Waals surface area contributed by atoms with Crippen LogP contribution in [-0.4, -0.2) is 43.4 Å². The Morgan fingerprint density at radius 1 is 1.30 bits per heavy atom. The summed E-state index contributed by atoms with van der Waals surface area (Å²) in [6, 6.07) is -0.127. The van der Waals surface area contributed by atoms with Crippen LogP contribution in [0.4, 0.5) is 4.79 Å². The lowest BCUT2D eigenvalue weighted by Gasteiger charge is -2.24. The van der Waals surface area contributed by atoms with E-state index in [1.54, 1.807) is 0 Å². The Labute approximate surface area is 120 Å². The first-order valence-electron chi connectivity index (χ1n) is 7.13. The van der Waals surface area contributed by atoms with E-state index < -0.39 is 11.7 Å². The molecule has 0 spiro atoms. The summed E-state index contributed by atoms with van der Waals surface area (Å²) in [5.74, 6) is 0.0551.